The van der Waals surface area contributed by atoms with Gasteiger partial charge in [0.05, 0.1) is 30.5 Å². The van der Waals surface area contributed by atoms with Crippen molar-refractivity contribution in [2.45, 2.75) is 76.7 Å². The fraction of sp³-hybridized carbons (Fsp3) is 0.514. The number of ether oxygens (including phenoxy) is 5. The summed E-state index contributed by atoms with van der Waals surface area (Å²) in [6.45, 7) is 10.8. The highest BCUT2D eigenvalue weighted by Crippen LogP contribution is 2.46. The van der Waals surface area contributed by atoms with Crippen molar-refractivity contribution in [2.75, 3.05) is 34.0 Å². The number of rotatable bonds is 14. The van der Waals surface area contributed by atoms with E-state index in [4.69, 9.17) is 23.7 Å². The summed E-state index contributed by atoms with van der Waals surface area (Å²) in [5.41, 5.74) is 3.55. The fourth-order valence-electron chi connectivity index (χ4n) is 6.59. The monoisotopic (exact) mass is 604 g/mol. The van der Waals surface area contributed by atoms with Crippen LogP contribution in [0.4, 0.5) is 0 Å². The third-order valence-electron chi connectivity index (χ3n) is 8.98. The van der Waals surface area contributed by atoms with E-state index in [0.29, 0.717) is 23.5 Å². The third kappa shape index (κ3) is 9.13. The minimum atomic E-state index is -0.517. The van der Waals surface area contributed by atoms with Crippen molar-refractivity contribution in [3.8, 4) is 22.6 Å². The van der Waals surface area contributed by atoms with Gasteiger partial charge < -0.3 is 23.7 Å². The van der Waals surface area contributed by atoms with Crippen molar-refractivity contribution < 1.29 is 33.3 Å². The van der Waals surface area contributed by atoms with Gasteiger partial charge in [-0.1, -0.05) is 38.3 Å². The molecule has 0 N–H and O–H groups in total. The Kier molecular flexibility index (Phi) is 12.8. The molecule has 0 heterocycles. The average Bonchev–Trinajstić information content (AvgIpc) is 3.05. The molecule has 0 aromatic heterocycles. The van der Waals surface area contributed by atoms with Gasteiger partial charge in [-0.05, 0) is 116 Å². The number of methoxy groups -OCH3 is 2. The number of benzene rings is 2. The smallest absolute Gasteiger partial charge is 0.341 e. The van der Waals surface area contributed by atoms with Crippen LogP contribution in [0.1, 0.15) is 76.2 Å². The number of hydrogen-bond acceptors (Lipinski definition) is 7. The SMILES string of the molecule is C=C(COC)C(=O)Oc1ccc(-c2ccc(OC(=O)C(=C)COC)c(C3CCC(C4CCC(OCCC)CC4)CC3)c2)cc1. The predicted molar refractivity (Wildman–Crippen MR) is 172 cm³/mol. The first-order chi connectivity index (χ1) is 21.3. The van der Waals surface area contributed by atoms with Crippen molar-refractivity contribution >= 4 is 11.9 Å². The third-order valence-corrected chi connectivity index (χ3v) is 8.98. The van der Waals surface area contributed by atoms with Crippen LogP contribution in [0.15, 0.2) is 66.8 Å². The number of carbonyl (C=O) groups is 2. The molecule has 7 heteroatoms. The first kappa shape index (κ1) is 33.6. The van der Waals surface area contributed by atoms with Gasteiger partial charge in [0, 0.05) is 20.8 Å². The van der Waals surface area contributed by atoms with Crippen LogP contribution in [0, 0.1) is 11.8 Å². The maximum Gasteiger partial charge on any atom is 0.341 e. The topological polar surface area (TPSA) is 80.3 Å². The van der Waals surface area contributed by atoms with Gasteiger partial charge in [-0.25, -0.2) is 9.59 Å². The lowest BCUT2D eigenvalue weighted by atomic mass is 9.69. The van der Waals surface area contributed by atoms with Crippen LogP contribution in [0.25, 0.3) is 11.1 Å². The maximum absolute atomic E-state index is 12.8. The van der Waals surface area contributed by atoms with Crippen molar-refractivity contribution in [3.05, 3.63) is 72.3 Å². The summed E-state index contributed by atoms with van der Waals surface area (Å²) < 4.78 is 27.4. The Labute approximate surface area is 262 Å². The number of hydrogen-bond donors (Lipinski definition) is 0. The van der Waals surface area contributed by atoms with Crippen LogP contribution in [0.2, 0.25) is 0 Å². The lowest BCUT2D eigenvalue weighted by Crippen LogP contribution is -2.28. The molecule has 0 saturated heterocycles. The van der Waals surface area contributed by atoms with Crippen LogP contribution in [0.3, 0.4) is 0 Å². The van der Waals surface area contributed by atoms with E-state index in [0.717, 1.165) is 54.4 Å². The van der Waals surface area contributed by atoms with Gasteiger partial charge in [0.1, 0.15) is 11.5 Å². The van der Waals surface area contributed by atoms with Crippen LogP contribution in [0.5, 0.6) is 11.5 Å². The largest absolute Gasteiger partial charge is 0.423 e. The second kappa shape index (κ2) is 16.7. The molecule has 4 rings (SSSR count). The van der Waals surface area contributed by atoms with Gasteiger partial charge >= 0.3 is 11.9 Å². The molecule has 2 fully saturated rings. The van der Waals surface area contributed by atoms with E-state index in [2.05, 4.69) is 26.1 Å². The van der Waals surface area contributed by atoms with Crippen molar-refractivity contribution in [3.63, 3.8) is 0 Å². The van der Waals surface area contributed by atoms with E-state index in [1.54, 1.807) is 12.1 Å². The van der Waals surface area contributed by atoms with E-state index in [9.17, 15) is 9.59 Å². The van der Waals surface area contributed by atoms with Crippen LogP contribution < -0.4 is 9.47 Å². The molecule has 44 heavy (non-hydrogen) atoms. The molecule has 0 radical (unpaired) electrons. The van der Waals surface area contributed by atoms with E-state index >= 15 is 0 Å². The highest BCUT2D eigenvalue weighted by atomic mass is 16.5. The van der Waals surface area contributed by atoms with E-state index < -0.39 is 11.9 Å². The molecule has 2 aliphatic carbocycles. The Morgan fingerprint density at radius 3 is 1.84 bits per heavy atom. The van der Waals surface area contributed by atoms with Gasteiger partial charge in [0.15, 0.2) is 0 Å². The maximum atomic E-state index is 12.8. The molecule has 2 aromatic rings. The highest BCUT2D eigenvalue weighted by Gasteiger charge is 2.32. The Morgan fingerprint density at radius 2 is 1.27 bits per heavy atom. The molecule has 2 aromatic carbocycles. The average molecular weight is 605 g/mol. The minimum Gasteiger partial charge on any atom is -0.423 e. The second-order valence-corrected chi connectivity index (χ2v) is 12.1. The lowest BCUT2D eigenvalue weighted by Gasteiger charge is -2.38. The van der Waals surface area contributed by atoms with Gasteiger partial charge in [-0.2, -0.15) is 0 Å². The highest BCUT2D eigenvalue weighted by molar-refractivity contribution is 5.90. The molecule has 238 valence electrons. The Bertz CT molecular complexity index is 1270. The Hall–Kier alpha value is -3.26. The Morgan fingerprint density at radius 1 is 0.727 bits per heavy atom. The van der Waals surface area contributed by atoms with Crippen molar-refractivity contribution in [2.24, 2.45) is 11.8 Å². The molecule has 0 bridgehead atoms. The van der Waals surface area contributed by atoms with Gasteiger partial charge in [-0.15, -0.1) is 0 Å². The summed E-state index contributed by atoms with van der Waals surface area (Å²) in [4.78, 5) is 25.0. The van der Waals surface area contributed by atoms with Crippen LogP contribution in [-0.4, -0.2) is 52.1 Å². The van der Waals surface area contributed by atoms with E-state index in [1.807, 2.05) is 24.3 Å². The summed E-state index contributed by atoms with van der Waals surface area (Å²) in [5, 5.41) is 0. The molecule has 0 atom stereocenters. The van der Waals surface area contributed by atoms with Crippen molar-refractivity contribution in [1.82, 2.24) is 0 Å². The first-order valence-electron chi connectivity index (χ1n) is 16.0. The van der Waals surface area contributed by atoms with Gasteiger partial charge in [0.25, 0.3) is 0 Å². The lowest BCUT2D eigenvalue weighted by molar-refractivity contribution is -0.131. The standard InChI is InChI=1S/C37H48O7/c1-6-21-42-32-16-11-28(12-17-32)27-7-9-30(10-8-27)34-22-31(15-20-35(34)44-37(39)26(3)24-41-5)29-13-18-33(19-14-29)43-36(38)25(2)23-40-4/h13-15,18-20,22,27-28,30,32H,2-3,6-12,16-17,21,23-24H2,1,4-5H3. The number of carbonyl (C=O) groups excluding carboxylic acids is 2. The molecule has 0 unspecified atom stereocenters. The first-order valence-corrected chi connectivity index (χ1v) is 16.0. The second-order valence-electron chi connectivity index (χ2n) is 12.1. The molecular weight excluding hydrogens is 556 g/mol. The van der Waals surface area contributed by atoms with Crippen LogP contribution in [-0.2, 0) is 23.8 Å². The van der Waals surface area contributed by atoms with Crippen molar-refractivity contribution in [1.29, 1.82) is 0 Å². The minimum absolute atomic E-state index is 0.118. The van der Waals surface area contributed by atoms with Gasteiger partial charge in [-0.3, -0.25) is 0 Å². The summed E-state index contributed by atoms with van der Waals surface area (Å²) in [7, 11) is 3.04. The molecule has 0 aliphatic heterocycles. The molecule has 0 spiro atoms. The molecular formula is C37H48O7. The molecule has 2 aliphatic rings. The normalized spacial score (nSPS) is 21.8. The molecule has 7 nitrogen and oxygen atoms in total. The van der Waals surface area contributed by atoms with Crippen LogP contribution >= 0.6 is 0 Å². The predicted octanol–water partition coefficient (Wildman–Crippen LogP) is 7.83. The van der Waals surface area contributed by atoms with Gasteiger partial charge in [0.2, 0.25) is 0 Å². The summed E-state index contributed by atoms with van der Waals surface area (Å²) in [5.74, 6) is 1.83. The summed E-state index contributed by atoms with van der Waals surface area (Å²) in [6, 6.07) is 13.4. The zero-order valence-corrected chi connectivity index (χ0v) is 26.6. The zero-order valence-electron chi connectivity index (χ0n) is 26.6. The fourth-order valence-corrected chi connectivity index (χ4v) is 6.59. The quantitative estimate of drug-likeness (QED) is 0.124. The molecule has 0 amide bonds. The summed E-state index contributed by atoms with van der Waals surface area (Å²) in [6.07, 6.45) is 10.9. The molecule has 2 saturated carbocycles. The zero-order chi connectivity index (χ0) is 31.5. The van der Waals surface area contributed by atoms with E-state index in [1.165, 1.54) is 52.7 Å². The van der Waals surface area contributed by atoms with E-state index in [-0.39, 0.29) is 24.4 Å². The number of esters is 2. The summed E-state index contributed by atoms with van der Waals surface area (Å²) >= 11 is 0. The Balaban J connectivity index is 1.47.